The van der Waals surface area contributed by atoms with Crippen molar-refractivity contribution in [2.45, 2.75) is 52.6 Å². The lowest BCUT2D eigenvalue weighted by Gasteiger charge is -2.39. The predicted molar refractivity (Wildman–Crippen MR) is 79.6 cm³/mol. The summed E-state index contributed by atoms with van der Waals surface area (Å²) in [5.74, 6) is 1.10. The van der Waals surface area contributed by atoms with Gasteiger partial charge in [-0.1, -0.05) is 26.8 Å². The van der Waals surface area contributed by atoms with E-state index in [0.717, 1.165) is 11.5 Å². The topological polar surface area (TPSA) is 52.5 Å². The smallest absolute Gasteiger partial charge is 0.123 e. The zero-order valence-electron chi connectivity index (χ0n) is 12.6. The molecule has 0 aromatic heterocycles. The third-order valence-corrected chi connectivity index (χ3v) is 6.40. The van der Waals surface area contributed by atoms with Gasteiger partial charge in [-0.15, -0.1) is 0 Å². The Morgan fingerprint density at radius 2 is 2.00 bits per heavy atom. The van der Waals surface area contributed by atoms with Crippen LogP contribution in [-0.4, -0.2) is 16.3 Å². The van der Waals surface area contributed by atoms with E-state index in [1.54, 1.807) is 12.1 Å². The number of hydrogen-bond donors (Lipinski definition) is 3. The number of phenols is 2. The maximum atomic E-state index is 9.86. The highest BCUT2D eigenvalue weighted by molar-refractivity contribution is 5.38. The molecule has 0 amide bonds. The fraction of sp³-hybridized carbons (Fsp3) is 0.647. The van der Waals surface area contributed by atoms with Gasteiger partial charge in [0.2, 0.25) is 0 Å². The molecule has 3 atom stereocenters. The van der Waals surface area contributed by atoms with Gasteiger partial charge in [-0.05, 0) is 42.1 Å². The summed E-state index contributed by atoms with van der Waals surface area (Å²) in [6.45, 7) is 7.89. The van der Waals surface area contributed by atoms with Crippen LogP contribution in [-0.2, 0) is 6.54 Å². The molecule has 2 fully saturated rings. The van der Waals surface area contributed by atoms with Crippen LogP contribution < -0.4 is 5.32 Å². The Kier molecular flexibility index (Phi) is 3.02. The van der Waals surface area contributed by atoms with Crippen molar-refractivity contribution in [2.24, 2.45) is 16.7 Å². The highest BCUT2D eigenvalue weighted by Crippen LogP contribution is 2.65. The van der Waals surface area contributed by atoms with Gasteiger partial charge in [0.15, 0.2) is 0 Å². The number of nitrogens with one attached hydrogen (secondary N) is 1. The van der Waals surface area contributed by atoms with Crippen molar-refractivity contribution in [1.82, 2.24) is 5.32 Å². The van der Waals surface area contributed by atoms with E-state index in [9.17, 15) is 10.2 Å². The molecule has 2 aliphatic rings. The largest absolute Gasteiger partial charge is 0.508 e. The second kappa shape index (κ2) is 4.39. The molecule has 3 nitrogen and oxygen atoms in total. The van der Waals surface area contributed by atoms with Gasteiger partial charge in [0, 0.05) is 24.2 Å². The van der Waals surface area contributed by atoms with E-state index in [1.165, 1.54) is 25.3 Å². The van der Waals surface area contributed by atoms with Crippen LogP contribution in [0.25, 0.3) is 0 Å². The summed E-state index contributed by atoms with van der Waals surface area (Å²) < 4.78 is 0. The average Bonchev–Trinajstić information content (AvgIpc) is 2.70. The molecule has 0 heterocycles. The molecule has 110 valence electrons. The summed E-state index contributed by atoms with van der Waals surface area (Å²) in [4.78, 5) is 0. The number of phenolic OH excluding ortho intramolecular Hbond substituents is 2. The van der Waals surface area contributed by atoms with Gasteiger partial charge >= 0.3 is 0 Å². The highest BCUT2D eigenvalue weighted by atomic mass is 16.3. The van der Waals surface area contributed by atoms with E-state index in [-0.39, 0.29) is 11.5 Å². The van der Waals surface area contributed by atoms with Gasteiger partial charge in [0.1, 0.15) is 11.5 Å². The molecular weight excluding hydrogens is 250 g/mol. The van der Waals surface area contributed by atoms with E-state index in [2.05, 4.69) is 26.1 Å². The van der Waals surface area contributed by atoms with E-state index < -0.39 is 0 Å². The molecule has 1 aromatic carbocycles. The summed E-state index contributed by atoms with van der Waals surface area (Å²) in [5, 5.41) is 22.8. The van der Waals surface area contributed by atoms with E-state index in [1.807, 2.05) is 0 Å². The third-order valence-electron chi connectivity index (χ3n) is 6.40. The lowest BCUT2D eigenvalue weighted by atomic mass is 9.69. The maximum Gasteiger partial charge on any atom is 0.123 e. The van der Waals surface area contributed by atoms with Crippen molar-refractivity contribution < 1.29 is 10.2 Å². The Hall–Kier alpha value is -1.22. The summed E-state index contributed by atoms with van der Waals surface area (Å²) >= 11 is 0. The lowest BCUT2D eigenvalue weighted by molar-refractivity contribution is 0.120. The number of aromatic hydroxyl groups is 2. The molecule has 0 radical (unpaired) electrons. The van der Waals surface area contributed by atoms with Crippen LogP contribution in [0.3, 0.4) is 0 Å². The summed E-state index contributed by atoms with van der Waals surface area (Å²) in [5.41, 5.74) is 1.61. The number of hydrogen-bond acceptors (Lipinski definition) is 3. The minimum atomic E-state index is 0.110. The van der Waals surface area contributed by atoms with Crippen molar-refractivity contribution in [3.63, 3.8) is 0 Å². The lowest BCUT2D eigenvalue weighted by Crippen LogP contribution is -2.44. The molecule has 2 bridgehead atoms. The van der Waals surface area contributed by atoms with Crippen molar-refractivity contribution in [2.75, 3.05) is 0 Å². The molecule has 0 aliphatic heterocycles. The quantitative estimate of drug-likeness (QED) is 0.792. The summed E-state index contributed by atoms with van der Waals surface area (Å²) in [6.07, 6.45) is 3.89. The van der Waals surface area contributed by atoms with Gasteiger partial charge in [0.25, 0.3) is 0 Å². The Morgan fingerprint density at radius 1 is 1.25 bits per heavy atom. The first-order valence-electron chi connectivity index (χ1n) is 7.59. The fourth-order valence-corrected chi connectivity index (χ4v) is 4.45. The first-order valence-corrected chi connectivity index (χ1v) is 7.59. The highest BCUT2D eigenvalue weighted by Gasteiger charge is 2.60. The van der Waals surface area contributed by atoms with Crippen molar-refractivity contribution in [3.8, 4) is 11.5 Å². The van der Waals surface area contributed by atoms with Gasteiger partial charge in [-0.2, -0.15) is 0 Å². The van der Waals surface area contributed by atoms with Crippen LogP contribution in [0.5, 0.6) is 11.5 Å². The number of fused-ring (bicyclic) bond motifs is 2. The molecule has 1 aromatic rings. The Bertz CT molecular complexity index is 526. The standard InChI is InChI=1S/C17H25NO2/c1-16(2)12-6-7-17(16,3)15(8-12)18-10-11-4-5-13(19)9-14(11)20/h4-5,9,12,15,18-20H,6-8,10H2,1-3H3. The molecule has 3 N–H and O–H groups in total. The normalized spacial score (nSPS) is 34.5. The minimum Gasteiger partial charge on any atom is -0.508 e. The first kappa shape index (κ1) is 13.7. The predicted octanol–water partition coefficient (Wildman–Crippen LogP) is 3.40. The Labute approximate surface area is 121 Å². The van der Waals surface area contributed by atoms with Crippen LogP contribution in [0.4, 0.5) is 0 Å². The monoisotopic (exact) mass is 275 g/mol. The van der Waals surface area contributed by atoms with Crippen LogP contribution in [0.15, 0.2) is 18.2 Å². The van der Waals surface area contributed by atoms with Crippen LogP contribution in [0.2, 0.25) is 0 Å². The number of benzene rings is 1. The SMILES string of the molecule is CC1(C)C2CCC1(C)C(NCc1ccc(O)cc1O)C2. The molecule has 20 heavy (non-hydrogen) atoms. The van der Waals surface area contributed by atoms with Crippen molar-refractivity contribution in [1.29, 1.82) is 0 Å². The van der Waals surface area contributed by atoms with E-state index in [4.69, 9.17) is 0 Å². The van der Waals surface area contributed by atoms with Crippen LogP contribution in [0, 0.1) is 16.7 Å². The zero-order chi connectivity index (χ0) is 14.5. The van der Waals surface area contributed by atoms with Gasteiger partial charge < -0.3 is 15.5 Å². The van der Waals surface area contributed by atoms with E-state index >= 15 is 0 Å². The Balaban J connectivity index is 1.71. The number of rotatable bonds is 3. The maximum absolute atomic E-state index is 9.86. The molecule has 3 heteroatoms. The van der Waals surface area contributed by atoms with Gasteiger partial charge in [-0.25, -0.2) is 0 Å². The van der Waals surface area contributed by atoms with Crippen molar-refractivity contribution >= 4 is 0 Å². The van der Waals surface area contributed by atoms with Crippen LogP contribution in [0.1, 0.15) is 45.6 Å². The molecular formula is C17H25NO2. The molecule has 0 saturated heterocycles. The van der Waals surface area contributed by atoms with E-state index in [0.29, 0.717) is 23.4 Å². The average molecular weight is 275 g/mol. The molecule has 0 spiro atoms. The third kappa shape index (κ3) is 1.83. The van der Waals surface area contributed by atoms with Crippen molar-refractivity contribution in [3.05, 3.63) is 23.8 Å². The summed E-state index contributed by atoms with van der Waals surface area (Å²) in [6, 6.07) is 5.34. The van der Waals surface area contributed by atoms with Crippen LogP contribution >= 0.6 is 0 Å². The molecule has 2 aliphatic carbocycles. The van der Waals surface area contributed by atoms with Gasteiger partial charge in [-0.3, -0.25) is 0 Å². The first-order chi connectivity index (χ1) is 9.34. The second-order valence-corrected chi connectivity index (χ2v) is 7.36. The molecule has 2 saturated carbocycles. The molecule has 3 unspecified atom stereocenters. The second-order valence-electron chi connectivity index (χ2n) is 7.36. The minimum absolute atomic E-state index is 0.110. The summed E-state index contributed by atoms with van der Waals surface area (Å²) in [7, 11) is 0. The molecule has 3 rings (SSSR count). The zero-order valence-corrected chi connectivity index (χ0v) is 12.6. The Morgan fingerprint density at radius 3 is 2.55 bits per heavy atom. The fourth-order valence-electron chi connectivity index (χ4n) is 4.45. The van der Waals surface area contributed by atoms with Gasteiger partial charge in [0.05, 0.1) is 0 Å².